The minimum Gasteiger partial charge on any atom is -0.506 e. The van der Waals surface area contributed by atoms with E-state index in [4.69, 9.17) is 23.2 Å². The predicted molar refractivity (Wildman–Crippen MR) is 111 cm³/mol. The van der Waals surface area contributed by atoms with E-state index < -0.39 is 6.04 Å². The molecule has 0 saturated carbocycles. The number of aromatic hydroxyl groups is 1. The van der Waals surface area contributed by atoms with Gasteiger partial charge in [-0.05, 0) is 42.0 Å². The molecule has 3 rings (SSSR count). The van der Waals surface area contributed by atoms with Crippen molar-refractivity contribution in [3.8, 4) is 5.75 Å². The van der Waals surface area contributed by atoms with Crippen molar-refractivity contribution in [1.29, 1.82) is 0 Å². The highest BCUT2D eigenvalue weighted by Crippen LogP contribution is 2.29. The molecule has 7 heteroatoms. The molecule has 5 nitrogen and oxygen atoms in total. The summed E-state index contributed by atoms with van der Waals surface area (Å²) in [6.45, 7) is 1.73. The Balaban J connectivity index is 1.63. The van der Waals surface area contributed by atoms with Gasteiger partial charge >= 0.3 is 0 Å². The third-order valence-corrected chi connectivity index (χ3v) is 4.47. The molecule has 0 fully saturated rings. The Hall–Kier alpha value is -2.76. The molecule has 1 unspecified atom stereocenters. The van der Waals surface area contributed by atoms with E-state index in [2.05, 4.69) is 15.8 Å². The number of nitrogens with one attached hydrogen (secondary N) is 2. The number of anilines is 1. The van der Waals surface area contributed by atoms with E-state index in [1.54, 1.807) is 6.92 Å². The second-order valence-electron chi connectivity index (χ2n) is 5.99. The number of hydrogen-bond acceptors (Lipinski definition) is 4. The van der Waals surface area contributed by atoms with Gasteiger partial charge in [0.2, 0.25) is 0 Å². The van der Waals surface area contributed by atoms with Crippen LogP contribution in [0.1, 0.15) is 12.5 Å². The van der Waals surface area contributed by atoms with Gasteiger partial charge in [0.25, 0.3) is 5.91 Å². The average Bonchev–Trinajstić information content (AvgIpc) is 2.65. The van der Waals surface area contributed by atoms with Crippen LogP contribution in [0.4, 0.5) is 5.69 Å². The Morgan fingerprint density at radius 2 is 1.85 bits per heavy atom. The van der Waals surface area contributed by atoms with Gasteiger partial charge in [0.1, 0.15) is 11.8 Å². The number of phenolic OH excluding ortho intramolecular Hbond substituents is 1. The Labute approximate surface area is 166 Å². The van der Waals surface area contributed by atoms with Gasteiger partial charge in [-0.15, -0.1) is 0 Å². The van der Waals surface area contributed by atoms with Crippen molar-refractivity contribution in [2.24, 2.45) is 5.10 Å². The van der Waals surface area contributed by atoms with Crippen molar-refractivity contribution in [3.05, 3.63) is 70.2 Å². The third-order valence-electron chi connectivity index (χ3n) is 3.96. The molecule has 1 amide bonds. The molecule has 1 atom stereocenters. The first-order valence-corrected chi connectivity index (χ1v) is 8.96. The minimum absolute atomic E-state index is 0.113. The lowest BCUT2D eigenvalue weighted by Gasteiger charge is -2.14. The average molecular weight is 402 g/mol. The summed E-state index contributed by atoms with van der Waals surface area (Å²) in [5.41, 5.74) is 3.57. The van der Waals surface area contributed by atoms with Crippen LogP contribution in [0.25, 0.3) is 10.8 Å². The predicted octanol–water partition coefficient (Wildman–Crippen LogP) is 4.80. The molecule has 0 saturated heterocycles. The molecule has 0 bridgehead atoms. The fourth-order valence-electron chi connectivity index (χ4n) is 2.54. The standard InChI is InChI=1S/C20H17Cl2N3O2/c1-12(24-17-7-6-13-4-2-3-5-14(13)9-17)20(27)25-23-11-15-8-16(21)10-18(22)19(15)26/h2-12,24,26H,1H3,(H,25,27). The highest BCUT2D eigenvalue weighted by molar-refractivity contribution is 6.36. The molecule has 0 aliphatic carbocycles. The van der Waals surface area contributed by atoms with Crippen LogP contribution in [-0.2, 0) is 4.79 Å². The molecule has 0 aliphatic heterocycles. The number of halogens is 2. The van der Waals surface area contributed by atoms with Gasteiger partial charge < -0.3 is 10.4 Å². The lowest BCUT2D eigenvalue weighted by molar-refractivity contribution is -0.121. The number of hydrogen-bond donors (Lipinski definition) is 3. The fraction of sp³-hybridized carbons (Fsp3) is 0.100. The molecule has 138 valence electrons. The summed E-state index contributed by atoms with van der Waals surface area (Å²) in [4.78, 5) is 12.2. The Kier molecular flexibility index (Phi) is 5.84. The van der Waals surface area contributed by atoms with Crippen molar-refractivity contribution >= 4 is 51.8 Å². The third kappa shape index (κ3) is 4.70. The number of nitrogens with zero attached hydrogens (tertiary/aromatic N) is 1. The number of amides is 1. The Bertz CT molecular complexity index is 1020. The van der Waals surface area contributed by atoms with Crippen molar-refractivity contribution in [2.45, 2.75) is 13.0 Å². The van der Waals surface area contributed by atoms with Gasteiger partial charge in [-0.3, -0.25) is 4.79 Å². The number of hydrazone groups is 1. The Morgan fingerprint density at radius 1 is 1.11 bits per heavy atom. The van der Waals surface area contributed by atoms with E-state index in [1.165, 1.54) is 18.3 Å². The normalized spacial score (nSPS) is 12.3. The largest absolute Gasteiger partial charge is 0.506 e. The summed E-state index contributed by atoms with van der Waals surface area (Å²) in [6.07, 6.45) is 1.29. The summed E-state index contributed by atoms with van der Waals surface area (Å²) in [5.74, 6) is -0.478. The van der Waals surface area contributed by atoms with Crippen molar-refractivity contribution in [2.75, 3.05) is 5.32 Å². The van der Waals surface area contributed by atoms with Crippen LogP contribution < -0.4 is 10.7 Å². The molecule has 0 radical (unpaired) electrons. The zero-order chi connectivity index (χ0) is 19.4. The summed E-state index contributed by atoms with van der Waals surface area (Å²) in [5, 5.41) is 19.5. The van der Waals surface area contributed by atoms with Crippen LogP contribution in [0.15, 0.2) is 59.7 Å². The zero-order valence-corrected chi connectivity index (χ0v) is 15.9. The summed E-state index contributed by atoms with van der Waals surface area (Å²) < 4.78 is 0. The minimum atomic E-state index is -0.514. The first-order chi connectivity index (χ1) is 12.9. The molecular formula is C20H17Cl2N3O2. The fourth-order valence-corrected chi connectivity index (χ4v) is 3.05. The van der Waals surface area contributed by atoms with E-state index in [0.717, 1.165) is 16.5 Å². The number of rotatable bonds is 5. The smallest absolute Gasteiger partial charge is 0.262 e. The van der Waals surface area contributed by atoms with Crippen LogP contribution >= 0.6 is 23.2 Å². The van der Waals surface area contributed by atoms with Crippen LogP contribution in [0.3, 0.4) is 0 Å². The Morgan fingerprint density at radius 3 is 2.63 bits per heavy atom. The van der Waals surface area contributed by atoms with Crippen molar-refractivity contribution in [3.63, 3.8) is 0 Å². The van der Waals surface area contributed by atoms with Crippen LogP contribution in [-0.4, -0.2) is 23.3 Å². The van der Waals surface area contributed by atoms with E-state index in [9.17, 15) is 9.90 Å². The lowest BCUT2D eigenvalue weighted by Crippen LogP contribution is -2.34. The summed E-state index contributed by atoms with van der Waals surface area (Å²) in [6, 6.07) is 16.3. The molecule has 0 aliphatic rings. The number of fused-ring (bicyclic) bond motifs is 1. The lowest BCUT2D eigenvalue weighted by atomic mass is 10.1. The first-order valence-electron chi connectivity index (χ1n) is 8.20. The van der Waals surface area contributed by atoms with E-state index in [1.807, 2.05) is 42.5 Å². The monoisotopic (exact) mass is 401 g/mol. The number of phenols is 1. The van der Waals surface area contributed by atoms with Gasteiger partial charge in [0.05, 0.1) is 11.2 Å². The molecule has 3 aromatic carbocycles. The number of benzene rings is 3. The molecule has 27 heavy (non-hydrogen) atoms. The number of carbonyl (C=O) groups excluding carboxylic acids is 1. The summed E-state index contributed by atoms with van der Waals surface area (Å²) >= 11 is 11.7. The summed E-state index contributed by atoms with van der Waals surface area (Å²) in [7, 11) is 0. The van der Waals surface area contributed by atoms with E-state index in [0.29, 0.717) is 10.6 Å². The molecule has 0 aromatic heterocycles. The highest BCUT2D eigenvalue weighted by atomic mass is 35.5. The first kappa shape index (κ1) is 19.0. The van der Waals surface area contributed by atoms with Gasteiger partial charge in [-0.1, -0.05) is 53.5 Å². The van der Waals surface area contributed by atoms with Crippen LogP contribution in [0, 0.1) is 0 Å². The zero-order valence-electron chi connectivity index (χ0n) is 14.4. The quantitative estimate of drug-likeness (QED) is 0.424. The van der Waals surface area contributed by atoms with Gasteiger partial charge in [-0.2, -0.15) is 5.10 Å². The van der Waals surface area contributed by atoms with E-state index in [-0.39, 0.29) is 16.7 Å². The van der Waals surface area contributed by atoms with Crippen LogP contribution in [0.5, 0.6) is 5.75 Å². The molecule has 3 N–H and O–H groups in total. The SMILES string of the molecule is CC(Nc1ccc2ccccc2c1)C(=O)NN=Cc1cc(Cl)cc(Cl)c1O. The highest BCUT2D eigenvalue weighted by Gasteiger charge is 2.12. The maximum absolute atomic E-state index is 12.2. The van der Waals surface area contributed by atoms with Crippen molar-refractivity contribution in [1.82, 2.24) is 5.43 Å². The second-order valence-corrected chi connectivity index (χ2v) is 6.83. The molecule has 0 heterocycles. The van der Waals surface area contributed by atoms with Crippen molar-refractivity contribution < 1.29 is 9.90 Å². The van der Waals surface area contributed by atoms with E-state index >= 15 is 0 Å². The molecule has 0 spiro atoms. The maximum atomic E-state index is 12.2. The van der Waals surface area contributed by atoms with Gasteiger partial charge in [0.15, 0.2) is 0 Å². The number of carbonyl (C=O) groups is 1. The van der Waals surface area contributed by atoms with Gasteiger partial charge in [-0.25, -0.2) is 5.43 Å². The van der Waals surface area contributed by atoms with Crippen LogP contribution in [0.2, 0.25) is 10.0 Å². The van der Waals surface area contributed by atoms with Gasteiger partial charge in [0, 0.05) is 16.3 Å². The molecule has 3 aromatic rings. The molecular weight excluding hydrogens is 385 g/mol. The topological polar surface area (TPSA) is 73.7 Å². The maximum Gasteiger partial charge on any atom is 0.262 e. The second kappa shape index (κ2) is 8.29.